The molecule has 2 N–H and O–H groups in total. The zero-order chi connectivity index (χ0) is 19.4. The molecule has 0 spiro atoms. The number of carbonyl (C=O) groups is 2. The monoisotopic (exact) mass is 360 g/mol. The maximum absolute atomic E-state index is 12.7. The highest BCUT2D eigenvalue weighted by atomic mass is 16.7. The van der Waals surface area contributed by atoms with Crippen molar-refractivity contribution in [3.8, 4) is 5.75 Å². The van der Waals surface area contributed by atoms with Gasteiger partial charge in [0.05, 0.1) is 12.1 Å². The van der Waals surface area contributed by atoms with E-state index in [1.807, 2.05) is 32.9 Å². The van der Waals surface area contributed by atoms with E-state index in [1.54, 1.807) is 18.2 Å². The summed E-state index contributed by atoms with van der Waals surface area (Å²) in [6, 6.07) is 7.19. The van der Waals surface area contributed by atoms with Gasteiger partial charge in [0, 0.05) is 17.5 Å². The van der Waals surface area contributed by atoms with E-state index in [9.17, 15) is 14.7 Å². The number of carboxylic acids is 1. The topological polar surface area (TPSA) is 97.2 Å². The summed E-state index contributed by atoms with van der Waals surface area (Å²) in [4.78, 5) is 29.5. The summed E-state index contributed by atoms with van der Waals surface area (Å²) >= 11 is 0. The summed E-state index contributed by atoms with van der Waals surface area (Å²) in [6.45, 7) is 9.38. The van der Waals surface area contributed by atoms with Gasteiger partial charge in [-0.1, -0.05) is 29.9 Å². The Hall–Kier alpha value is -2.83. The van der Waals surface area contributed by atoms with E-state index < -0.39 is 29.4 Å². The lowest BCUT2D eigenvalue weighted by Crippen LogP contribution is -2.54. The lowest BCUT2D eigenvalue weighted by atomic mass is 9.89. The Labute approximate surface area is 152 Å². The summed E-state index contributed by atoms with van der Waals surface area (Å²) in [7, 11) is 0. The van der Waals surface area contributed by atoms with Crippen molar-refractivity contribution in [2.24, 2.45) is 5.16 Å². The van der Waals surface area contributed by atoms with Crippen LogP contribution in [0.1, 0.15) is 39.2 Å². The standard InChI is InChI=1S/C19H24N2O5/c1-5-10-25-15-9-7-6-8-13(15)14-11-19(26-21-14,12-16(22)23)17(24)20-18(2,3)4/h5-9H,1,10-12H2,2-4H3,(H,20,24)(H,22,23). The molecule has 1 heterocycles. The van der Waals surface area contributed by atoms with Crippen molar-refractivity contribution in [1.82, 2.24) is 5.32 Å². The molecule has 1 aliphatic rings. The van der Waals surface area contributed by atoms with Crippen LogP contribution >= 0.6 is 0 Å². The zero-order valence-electron chi connectivity index (χ0n) is 15.2. The van der Waals surface area contributed by atoms with Crippen LogP contribution in [0.25, 0.3) is 0 Å². The lowest BCUT2D eigenvalue weighted by Gasteiger charge is -2.29. The predicted molar refractivity (Wildman–Crippen MR) is 97.3 cm³/mol. The van der Waals surface area contributed by atoms with Gasteiger partial charge in [-0.05, 0) is 32.9 Å². The van der Waals surface area contributed by atoms with Crippen LogP contribution in [-0.2, 0) is 14.4 Å². The second kappa shape index (κ2) is 7.59. The number of hydrogen-bond donors (Lipinski definition) is 2. The number of carbonyl (C=O) groups excluding carboxylic acids is 1. The highest BCUT2D eigenvalue weighted by molar-refractivity contribution is 6.08. The van der Waals surface area contributed by atoms with Gasteiger partial charge in [0.1, 0.15) is 12.4 Å². The fourth-order valence-corrected chi connectivity index (χ4v) is 2.60. The van der Waals surface area contributed by atoms with E-state index in [0.29, 0.717) is 23.6 Å². The van der Waals surface area contributed by atoms with Crippen molar-refractivity contribution in [3.63, 3.8) is 0 Å². The van der Waals surface area contributed by atoms with Crippen molar-refractivity contribution in [3.05, 3.63) is 42.5 Å². The maximum Gasteiger partial charge on any atom is 0.308 e. The molecule has 0 aliphatic carbocycles. The van der Waals surface area contributed by atoms with Gasteiger partial charge in [-0.25, -0.2) is 0 Å². The second-order valence-electron chi connectivity index (χ2n) is 7.17. The first-order valence-electron chi connectivity index (χ1n) is 8.29. The Kier molecular flexibility index (Phi) is 5.69. The van der Waals surface area contributed by atoms with Gasteiger partial charge in [-0.3, -0.25) is 9.59 Å². The molecule has 7 heteroatoms. The van der Waals surface area contributed by atoms with Crippen molar-refractivity contribution in [2.45, 2.75) is 44.8 Å². The summed E-state index contributed by atoms with van der Waals surface area (Å²) in [5.74, 6) is -1.07. The summed E-state index contributed by atoms with van der Waals surface area (Å²) in [6.07, 6.45) is 1.17. The number of hydrogen-bond acceptors (Lipinski definition) is 5. The molecule has 140 valence electrons. The molecule has 7 nitrogen and oxygen atoms in total. The molecule has 0 saturated carbocycles. The molecule has 1 unspecified atom stereocenters. The molecule has 0 saturated heterocycles. The average molecular weight is 360 g/mol. The Morgan fingerprint density at radius 2 is 2.12 bits per heavy atom. The van der Waals surface area contributed by atoms with Crippen molar-refractivity contribution in [1.29, 1.82) is 0 Å². The van der Waals surface area contributed by atoms with E-state index in [0.717, 1.165) is 0 Å². The molecule has 1 aliphatic heterocycles. The molecule has 0 aromatic heterocycles. The summed E-state index contributed by atoms with van der Waals surface area (Å²) < 4.78 is 5.62. The van der Waals surface area contributed by atoms with Crippen LogP contribution in [0, 0.1) is 0 Å². The Balaban J connectivity index is 2.29. The number of rotatable bonds is 7. The minimum absolute atomic E-state index is 0.0374. The molecule has 1 amide bonds. The number of carboxylic acid groups (broad SMARTS) is 1. The highest BCUT2D eigenvalue weighted by Gasteiger charge is 2.49. The number of aliphatic carboxylic acids is 1. The molecule has 1 atom stereocenters. The quantitative estimate of drug-likeness (QED) is 0.728. The first kappa shape index (κ1) is 19.5. The molecule has 26 heavy (non-hydrogen) atoms. The number of ether oxygens (including phenoxy) is 1. The third-order valence-corrected chi connectivity index (χ3v) is 3.68. The number of benzene rings is 1. The number of nitrogens with zero attached hydrogens (tertiary/aromatic N) is 1. The molecule has 1 aromatic carbocycles. The summed E-state index contributed by atoms with van der Waals surface area (Å²) in [5.41, 5.74) is -0.986. The minimum Gasteiger partial charge on any atom is -0.489 e. The van der Waals surface area contributed by atoms with Crippen LogP contribution in [0.2, 0.25) is 0 Å². The first-order chi connectivity index (χ1) is 12.2. The van der Waals surface area contributed by atoms with Gasteiger partial charge in [0.25, 0.3) is 5.91 Å². The smallest absolute Gasteiger partial charge is 0.308 e. The molecular weight excluding hydrogens is 336 g/mol. The van der Waals surface area contributed by atoms with Crippen molar-refractivity contribution < 1.29 is 24.3 Å². The lowest BCUT2D eigenvalue weighted by molar-refractivity contribution is -0.157. The zero-order valence-corrected chi connectivity index (χ0v) is 15.2. The fraction of sp³-hybridized carbons (Fsp3) is 0.421. The molecule has 0 bridgehead atoms. The van der Waals surface area contributed by atoms with Crippen LogP contribution in [0.3, 0.4) is 0 Å². The van der Waals surface area contributed by atoms with E-state index in [1.165, 1.54) is 0 Å². The second-order valence-corrected chi connectivity index (χ2v) is 7.17. The third-order valence-electron chi connectivity index (χ3n) is 3.68. The van der Waals surface area contributed by atoms with E-state index in [2.05, 4.69) is 17.1 Å². The van der Waals surface area contributed by atoms with Crippen LogP contribution < -0.4 is 10.1 Å². The van der Waals surface area contributed by atoms with Gasteiger partial charge in [-0.15, -0.1) is 0 Å². The molecule has 0 radical (unpaired) electrons. The average Bonchev–Trinajstić information content (AvgIpc) is 2.96. The predicted octanol–water partition coefficient (Wildman–Crippen LogP) is 2.50. The van der Waals surface area contributed by atoms with E-state index in [-0.39, 0.29) is 6.42 Å². The molecule has 2 rings (SSSR count). The van der Waals surface area contributed by atoms with Crippen molar-refractivity contribution in [2.75, 3.05) is 6.61 Å². The number of oxime groups is 1. The van der Waals surface area contributed by atoms with Gasteiger partial charge < -0.3 is 20.0 Å². The number of nitrogens with one attached hydrogen (secondary N) is 1. The van der Waals surface area contributed by atoms with E-state index >= 15 is 0 Å². The Morgan fingerprint density at radius 1 is 1.42 bits per heavy atom. The Morgan fingerprint density at radius 3 is 2.73 bits per heavy atom. The highest BCUT2D eigenvalue weighted by Crippen LogP contribution is 2.33. The number of amides is 1. The molecule has 1 aromatic rings. The SMILES string of the molecule is C=CCOc1ccccc1C1=NOC(CC(=O)O)(C(=O)NC(C)(C)C)C1. The largest absolute Gasteiger partial charge is 0.489 e. The summed E-state index contributed by atoms with van der Waals surface area (Å²) in [5, 5.41) is 16.1. The van der Waals surface area contributed by atoms with Crippen LogP contribution in [0.15, 0.2) is 42.1 Å². The van der Waals surface area contributed by atoms with Gasteiger partial charge in [0.2, 0.25) is 5.60 Å². The van der Waals surface area contributed by atoms with Crippen molar-refractivity contribution >= 4 is 17.6 Å². The molecule has 0 fully saturated rings. The molecular formula is C19H24N2O5. The van der Waals surface area contributed by atoms with Gasteiger partial charge in [0.15, 0.2) is 0 Å². The fourth-order valence-electron chi connectivity index (χ4n) is 2.60. The first-order valence-corrected chi connectivity index (χ1v) is 8.29. The van der Waals surface area contributed by atoms with Gasteiger partial charge in [-0.2, -0.15) is 0 Å². The maximum atomic E-state index is 12.7. The third kappa shape index (κ3) is 4.62. The van der Waals surface area contributed by atoms with Crippen LogP contribution in [0.4, 0.5) is 0 Å². The van der Waals surface area contributed by atoms with Crippen LogP contribution in [-0.4, -0.2) is 40.4 Å². The van der Waals surface area contributed by atoms with Gasteiger partial charge >= 0.3 is 5.97 Å². The normalized spacial score (nSPS) is 19.3. The minimum atomic E-state index is -1.58. The number of para-hydroxylation sites is 1. The van der Waals surface area contributed by atoms with Crippen LogP contribution in [0.5, 0.6) is 5.75 Å². The van der Waals surface area contributed by atoms with E-state index in [4.69, 9.17) is 9.57 Å². The Bertz CT molecular complexity index is 736.